The van der Waals surface area contributed by atoms with Gasteiger partial charge in [-0.3, -0.25) is 0 Å². The fourth-order valence-corrected chi connectivity index (χ4v) is 2.52. The number of rotatable bonds is 1. The minimum atomic E-state index is -0.185. The summed E-state index contributed by atoms with van der Waals surface area (Å²) in [6.45, 7) is 6.31. The van der Waals surface area contributed by atoms with Gasteiger partial charge >= 0.3 is 0 Å². The Bertz CT molecular complexity index is 387. The number of hydrogen-bond donors (Lipinski definition) is 0. The molecule has 0 bridgehead atoms. The van der Waals surface area contributed by atoms with Crippen molar-refractivity contribution in [1.29, 1.82) is 0 Å². The zero-order valence-electron chi connectivity index (χ0n) is 9.40. The lowest BCUT2D eigenvalue weighted by molar-refractivity contribution is 0.381. The van der Waals surface area contributed by atoms with Crippen LogP contribution in [-0.4, -0.2) is 5.54 Å². The Hall–Kier alpha value is -1.38. The third kappa shape index (κ3) is 1.52. The van der Waals surface area contributed by atoms with E-state index >= 15 is 0 Å². The fourth-order valence-electron chi connectivity index (χ4n) is 2.52. The van der Waals surface area contributed by atoms with Gasteiger partial charge in [-0.05, 0) is 37.8 Å². The van der Waals surface area contributed by atoms with Crippen LogP contribution in [0.25, 0.3) is 0 Å². The average molecular weight is 204 g/mol. The maximum atomic E-state index is 10.9. The molecule has 0 N–H and O–H groups in total. The highest BCUT2D eigenvalue weighted by molar-refractivity contribution is 5.58. The second-order valence-corrected chi connectivity index (χ2v) is 4.87. The normalized spacial score (nSPS) is 23.4. The molecule has 1 unspecified atom stereocenters. The summed E-state index contributed by atoms with van der Waals surface area (Å²) in [6, 6.07) is 8.00. The molecule has 3 nitrogen and oxygen atoms in total. The topological polar surface area (TPSA) is 32.7 Å². The number of benzene rings is 1. The van der Waals surface area contributed by atoms with E-state index in [-0.39, 0.29) is 5.54 Å². The first-order valence-electron chi connectivity index (χ1n) is 5.28. The SMILES string of the molecule is CC1CC(C)(C)N(N=O)c2ccccc21. The predicted octanol–water partition coefficient (Wildman–Crippen LogP) is 3.46. The van der Waals surface area contributed by atoms with Gasteiger partial charge in [0.15, 0.2) is 0 Å². The van der Waals surface area contributed by atoms with Crippen LogP contribution in [-0.2, 0) is 0 Å². The molecule has 15 heavy (non-hydrogen) atoms. The smallest absolute Gasteiger partial charge is 0.0667 e. The van der Waals surface area contributed by atoms with E-state index in [9.17, 15) is 4.91 Å². The number of nitroso groups, excluding NO2 is 1. The van der Waals surface area contributed by atoms with Crippen molar-refractivity contribution in [3.8, 4) is 0 Å². The highest BCUT2D eigenvalue weighted by atomic mass is 16.3. The summed E-state index contributed by atoms with van der Waals surface area (Å²) in [7, 11) is 0. The minimum absolute atomic E-state index is 0.185. The van der Waals surface area contributed by atoms with E-state index in [2.05, 4.69) is 32.1 Å². The van der Waals surface area contributed by atoms with Crippen LogP contribution >= 0.6 is 0 Å². The molecule has 80 valence electrons. The van der Waals surface area contributed by atoms with E-state index in [0.717, 1.165) is 12.1 Å². The Kier molecular flexibility index (Phi) is 2.25. The Morgan fingerprint density at radius 2 is 2.07 bits per heavy atom. The van der Waals surface area contributed by atoms with Gasteiger partial charge in [-0.15, -0.1) is 4.91 Å². The number of anilines is 1. The third-order valence-corrected chi connectivity index (χ3v) is 3.16. The first-order chi connectivity index (χ1) is 7.06. The summed E-state index contributed by atoms with van der Waals surface area (Å²) in [4.78, 5) is 10.9. The molecule has 0 amide bonds. The number of para-hydroxylation sites is 1. The van der Waals surface area contributed by atoms with Crippen LogP contribution in [0.15, 0.2) is 29.6 Å². The molecule has 1 aliphatic rings. The molecule has 0 radical (unpaired) electrons. The molecule has 0 saturated heterocycles. The third-order valence-electron chi connectivity index (χ3n) is 3.16. The van der Waals surface area contributed by atoms with Crippen LogP contribution in [0.3, 0.4) is 0 Å². The van der Waals surface area contributed by atoms with Crippen LogP contribution in [0.5, 0.6) is 0 Å². The molecule has 1 atom stereocenters. The van der Waals surface area contributed by atoms with Crippen molar-refractivity contribution in [2.75, 3.05) is 5.01 Å². The summed E-state index contributed by atoms with van der Waals surface area (Å²) in [6.07, 6.45) is 0.954. The number of fused-ring (bicyclic) bond motifs is 1. The van der Waals surface area contributed by atoms with E-state index in [1.807, 2.05) is 18.2 Å². The van der Waals surface area contributed by atoms with Crippen molar-refractivity contribution in [2.45, 2.75) is 38.6 Å². The first kappa shape index (κ1) is 10.1. The monoisotopic (exact) mass is 204 g/mol. The van der Waals surface area contributed by atoms with Crippen molar-refractivity contribution < 1.29 is 0 Å². The van der Waals surface area contributed by atoms with Crippen molar-refractivity contribution in [3.05, 3.63) is 34.7 Å². The molecule has 0 aliphatic carbocycles. The van der Waals surface area contributed by atoms with Gasteiger partial charge in [-0.1, -0.05) is 25.1 Å². The molecule has 0 fully saturated rings. The molecule has 1 aromatic rings. The summed E-state index contributed by atoms with van der Waals surface area (Å²) >= 11 is 0. The van der Waals surface area contributed by atoms with E-state index < -0.39 is 0 Å². The van der Waals surface area contributed by atoms with Crippen LogP contribution in [0.1, 0.15) is 38.7 Å². The van der Waals surface area contributed by atoms with Gasteiger partial charge in [0, 0.05) is 0 Å². The highest BCUT2D eigenvalue weighted by Gasteiger charge is 2.37. The minimum Gasteiger partial charge on any atom is -0.223 e. The van der Waals surface area contributed by atoms with Gasteiger partial charge in [0.05, 0.1) is 16.5 Å². The van der Waals surface area contributed by atoms with Gasteiger partial charge < -0.3 is 0 Å². The zero-order valence-corrected chi connectivity index (χ0v) is 9.40. The quantitative estimate of drug-likeness (QED) is 0.656. The van der Waals surface area contributed by atoms with Crippen LogP contribution in [0.4, 0.5) is 5.69 Å². The van der Waals surface area contributed by atoms with Gasteiger partial charge in [-0.2, -0.15) is 0 Å². The van der Waals surface area contributed by atoms with Crippen molar-refractivity contribution in [3.63, 3.8) is 0 Å². The molecule has 0 spiro atoms. The summed E-state index contributed by atoms with van der Waals surface area (Å²) in [5.41, 5.74) is 1.99. The molecule has 1 aliphatic heterocycles. The second kappa shape index (κ2) is 3.33. The molecular weight excluding hydrogens is 188 g/mol. The Morgan fingerprint density at radius 1 is 1.40 bits per heavy atom. The maximum absolute atomic E-state index is 10.9. The van der Waals surface area contributed by atoms with Crippen molar-refractivity contribution >= 4 is 5.69 Å². The maximum Gasteiger partial charge on any atom is 0.0667 e. The fraction of sp³-hybridized carbons (Fsp3) is 0.500. The van der Waals surface area contributed by atoms with Crippen LogP contribution in [0, 0.1) is 4.91 Å². The predicted molar refractivity (Wildman–Crippen MR) is 61.8 cm³/mol. The molecule has 2 rings (SSSR count). The van der Waals surface area contributed by atoms with Crippen LogP contribution in [0.2, 0.25) is 0 Å². The standard InChI is InChI=1S/C12H16N2O/c1-9-8-12(2,3)14(13-15)11-7-5-4-6-10(9)11/h4-7,9H,8H2,1-3H3. The van der Waals surface area contributed by atoms with Gasteiger partial charge in [0.1, 0.15) is 0 Å². The molecule has 0 aromatic heterocycles. The van der Waals surface area contributed by atoms with Crippen molar-refractivity contribution in [1.82, 2.24) is 0 Å². The second-order valence-electron chi connectivity index (χ2n) is 4.87. The van der Waals surface area contributed by atoms with Crippen molar-refractivity contribution in [2.24, 2.45) is 5.29 Å². The largest absolute Gasteiger partial charge is 0.223 e. The summed E-state index contributed by atoms with van der Waals surface area (Å²) < 4.78 is 0. The lowest BCUT2D eigenvalue weighted by atomic mass is 9.81. The Balaban J connectivity index is 2.56. The Labute approximate surface area is 90.0 Å². The molecular formula is C12H16N2O. The summed E-state index contributed by atoms with van der Waals surface area (Å²) in [5.74, 6) is 0.481. The van der Waals surface area contributed by atoms with Gasteiger partial charge in [0.2, 0.25) is 0 Å². The number of nitrogens with zero attached hydrogens (tertiary/aromatic N) is 2. The molecule has 1 aromatic carbocycles. The zero-order chi connectivity index (χ0) is 11.1. The van der Waals surface area contributed by atoms with E-state index in [0.29, 0.717) is 5.92 Å². The van der Waals surface area contributed by atoms with Gasteiger partial charge in [0.25, 0.3) is 0 Å². The summed E-state index contributed by atoms with van der Waals surface area (Å²) in [5, 5.41) is 4.76. The highest BCUT2D eigenvalue weighted by Crippen LogP contribution is 2.42. The lowest BCUT2D eigenvalue weighted by Crippen LogP contribution is -2.44. The number of hydrogen-bond acceptors (Lipinski definition) is 2. The average Bonchev–Trinajstić information content (AvgIpc) is 2.17. The van der Waals surface area contributed by atoms with Gasteiger partial charge in [-0.25, -0.2) is 5.01 Å². The van der Waals surface area contributed by atoms with E-state index in [4.69, 9.17) is 0 Å². The Morgan fingerprint density at radius 3 is 2.73 bits per heavy atom. The molecule has 3 heteroatoms. The lowest BCUT2D eigenvalue weighted by Gasteiger charge is -2.41. The van der Waals surface area contributed by atoms with E-state index in [1.54, 1.807) is 5.01 Å². The van der Waals surface area contributed by atoms with E-state index in [1.165, 1.54) is 5.56 Å². The van der Waals surface area contributed by atoms with Crippen LogP contribution < -0.4 is 5.01 Å². The molecule has 0 saturated carbocycles. The first-order valence-corrected chi connectivity index (χ1v) is 5.28. The molecule has 1 heterocycles.